The fourth-order valence-corrected chi connectivity index (χ4v) is 4.18. The van der Waals surface area contributed by atoms with Gasteiger partial charge in [0.05, 0.1) is 17.7 Å². The number of pyridine rings is 1. The van der Waals surface area contributed by atoms with E-state index in [-0.39, 0.29) is 30.9 Å². The van der Waals surface area contributed by atoms with E-state index >= 15 is 0 Å². The molecule has 1 atom stereocenters. The molecule has 0 saturated carbocycles. The number of aromatic nitrogens is 3. The lowest BCUT2D eigenvalue weighted by Gasteiger charge is -2.17. The summed E-state index contributed by atoms with van der Waals surface area (Å²) in [5.74, 6) is -0.264. The van der Waals surface area contributed by atoms with Crippen LogP contribution in [-0.2, 0) is 6.42 Å². The van der Waals surface area contributed by atoms with Gasteiger partial charge in [-0.2, -0.15) is 5.10 Å². The van der Waals surface area contributed by atoms with Crippen LogP contribution in [0.25, 0.3) is 10.9 Å². The topological polar surface area (TPSA) is 111 Å². The number of likely N-dealkylation sites (tertiary alicyclic amines) is 1. The van der Waals surface area contributed by atoms with Crippen molar-refractivity contribution in [3.63, 3.8) is 0 Å². The quantitative estimate of drug-likeness (QED) is 0.565. The largest absolute Gasteiger partial charge is 0.395 e. The number of carbonyl (C=O) groups is 2. The molecule has 3 heterocycles. The van der Waals surface area contributed by atoms with Crippen LogP contribution in [-0.4, -0.2) is 63.2 Å². The van der Waals surface area contributed by atoms with Crippen LogP contribution in [0.5, 0.6) is 0 Å². The Hall–Kier alpha value is -3.26. The highest BCUT2D eigenvalue weighted by molar-refractivity contribution is 6.06. The molecular weight excluding hydrogens is 394 g/mol. The second-order valence-corrected chi connectivity index (χ2v) is 7.86. The van der Waals surface area contributed by atoms with Crippen molar-refractivity contribution in [2.45, 2.75) is 32.6 Å². The molecule has 4 rings (SSSR count). The minimum absolute atomic E-state index is 0.0443. The van der Waals surface area contributed by atoms with Crippen molar-refractivity contribution >= 4 is 22.7 Å². The first kappa shape index (κ1) is 21.0. The molecule has 0 aliphatic carbocycles. The number of para-hydroxylation sites is 1. The molecule has 0 radical (unpaired) electrons. The first-order valence-corrected chi connectivity index (χ1v) is 10.6. The van der Waals surface area contributed by atoms with Crippen LogP contribution in [0.2, 0.25) is 0 Å². The molecule has 3 N–H and O–H groups in total. The van der Waals surface area contributed by atoms with E-state index in [1.807, 2.05) is 49.1 Å². The fraction of sp³-hybridized carbons (Fsp3) is 0.391. The number of hydrogen-bond donors (Lipinski definition) is 3. The maximum absolute atomic E-state index is 13.0. The summed E-state index contributed by atoms with van der Waals surface area (Å²) in [6.45, 7) is 5.19. The molecule has 8 heteroatoms. The molecule has 0 bridgehead atoms. The molecule has 31 heavy (non-hydrogen) atoms. The second kappa shape index (κ2) is 8.85. The summed E-state index contributed by atoms with van der Waals surface area (Å²) in [5, 5.41) is 19.7. The van der Waals surface area contributed by atoms with Gasteiger partial charge in [-0.25, -0.2) is 0 Å². The van der Waals surface area contributed by atoms with E-state index in [1.165, 1.54) is 0 Å². The zero-order chi connectivity index (χ0) is 22.0. The third kappa shape index (κ3) is 4.03. The highest BCUT2D eigenvalue weighted by Gasteiger charge is 2.31. The van der Waals surface area contributed by atoms with Crippen LogP contribution in [0.15, 0.2) is 30.3 Å². The summed E-state index contributed by atoms with van der Waals surface area (Å²) in [6.07, 6.45) is 1.58. The molecule has 1 fully saturated rings. The normalized spacial score (nSPS) is 16.1. The fourth-order valence-electron chi connectivity index (χ4n) is 4.18. The Bertz CT molecular complexity index is 1120. The molecule has 1 aliphatic heterocycles. The van der Waals surface area contributed by atoms with Gasteiger partial charge in [-0.15, -0.1) is 0 Å². The van der Waals surface area contributed by atoms with Crippen LogP contribution in [0.1, 0.15) is 57.1 Å². The molecule has 3 aromatic rings. The number of fused-ring (bicyclic) bond motifs is 1. The van der Waals surface area contributed by atoms with Gasteiger partial charge in [0.1, 0.15) is 0 Å². The number of nitrogens with zero attached hydrogens (tertiary/aromatic N) is 3. The average molecular weight is 422 g/mol. The number of rotatable bonds is 6. The first-order valence-electron chi connectivity index (χ1n) is 10.6. The minimum Gasteiger partial charge on any atom is -0.395 e. The molecule has 8 nitrogen and oxygen atoms in total. The van der Waals surface area contributed by atoms with Crippen molar-refractivity contribution in [2.75, 3.05) is 26.2 Å². The molecule has 2 amide bonds. The van der Waals surface area contributed by atoms with Crippen LogP contribution in [0, 0.1) is 6.92 Å². The number of amides is 2. The van der Waals surface area contributed by atoms with E-state index in [1.54, 1.807) is 0 Å². The highest BCUT2D eigenvalue weighted by atomic mass is 16.3. The number of aliphatic hydroxyl groups excluding tert-OH is 1. The Kier molecular flexibility index (Phi) is 5.99. The molecule has 2 aromatic heterocycles. The molecule has 162 valence electrons. The van der Waals surface area contributed by atoms with E-state index < -0.39 is 0 Å². The summed E-state index contributed by atoms with van der Waals surface area (Å²) in [4.78, 5) is 32.3. The Morgan fingerprint density at radius 1 is 1.32 bits per heavy atom. The third-order valence-electron chi connectivity index (χ3n) is 5.94. The Morgan fingerprint density at radius 3 is 2.87 bits per heavy atom. The Labute approximate surface area is 180 Å². The van der Waals surface area contributed by atoms with Gasteiger partial charge in [0, 0.05) is 47.9 Å². The highest BCUT2D eigenvalue weighted by Crippen LogP contribution is 2.30. The van der Waals surface area contributed by atoms with E-state index in [2.05, 4.69) is 15.5 Å². The second-order valence-electron chi connectivity index (χ2n) is 7.86. The maximum atomic E-state index is 13.0. The zero-order valence-corrected chi connectivity index (χ0v) is 17.8. The smallest absolute Gasteiger partial charge is 0.274 e. The van der Waals surface area contributed by atoms with Gasteiger partial charge in [-0.3, -0.25) is 19.7 Å². The summed E-state index contributed by atoms with van der Waals surface area (Å²) in [7, 11) is 0. The molecule has 0 spiro atoms. The molecule has 1 saturated heterocycles. The number of H-pyrrole nitrogens is 1. The van der Waals surface area contributed by atoms with E-state index in [0.717, 1.165) is 40.7 Å². The maximum Gasteiger partial charge on any atom is 0.274 e. The number of aromatic amines is 1. The SMILES string of the molecule is CCc1[nH]nc(C(=O)N2CC[C@H](c3cc(C(=O)NCCO)c4ccccc4n3)C2)c1C. The van der Waals surface area contributed by atoms with Crippen molar-refractivity contribution in [3.8, 4) is 0 Å². The standard InChI is InChI=1S/C23H27N5O3/c1-3-18-14(2)21(27-26-18)23(31)28-10-8-15(13-28)20-12-17(22(30)24-9-11-29)16-6-4-5-7-19(16)25-20/h4-7,12,15,29H,3,8-11,13H2,1-2H3,(H,24,30)(H,26,27)/t15-/m0/s1. The minimum atomic E-state index is -0.237. The lowest BCUT2D eigenvalue weighted by atomic mass is 9.99. The molecule has 1 aromatic carbocycles. The number of hydrogen-bond acceptors (Lipinski definition) is 5. The number of aryl methyl sites for hydroxylation is 1. The average Bonchev–Trinajstić information content (AvgIpc) is 3.43. The van der Waals surface area contributed by atoms with Crippen molar-refractivity contribution < 1.29 is 14.7 Å². The lowest BCUT2D eigenvalue weighted by Crippen LogP contribution is -2.29. The number of nitrogens with one attached hydrogen (secondary N) is 2. The van der Waals surface area contributed by atoms with Gasteiger partial charge in [0.2, 0.25) is 0 Å². The summed E-state index contributed by atoms with van der Waals surface area (Å²) < 4.78 is 0. The summed E-state index contributed by atoms with van der Waals surface area (Å²) in [5.41, 5.74) is 4.45. The van der Waals surface area contributed by atoms with Gasteiger partial charge in [0.25, 0.3) is 11.8 Å². The van der Waals surface area contributed by atoms with Gasteiger partial charge in [-0.05, 0) is 31.9 Å². The van der Waals surface area contributed by atoms with Gasteiger partial charge in [0.15, 0.2) is 5.69 Å². The van der Waals surface area contributed by atoms with Gasteiger partial charge < -0.3 is 15.3 Å². The molecule has 0 unspecified atom stereocenters. The summed E-state index contributed by atoms with van der Waals surface area (Å²) >= 11 is 0. The Morgan fingerprint density at radius 2 is 2.13 bits per heavy atom. The number of aliphatic hydroxyl groups is 1. The third-order valence-corrected chi connectivity index (χ3v) is 5.94. The van der Waals surface area contributed by atoms with Gasteiger partial charge >= 0.3 is 0 Å². The van der Waals surface area contributed by atoms with Crippen LogP contribution in [0.3, 0.4) is 0 Å². The summed E-state index contributed by atoms with van der Waals surface area (Å²) in [6, 6.07) is 9.35. The number of carbonyl (C=O) groups excluding carboxylic acids is 2. The van der Waals surface area contributed by atoms with E-state index in [9.17, 15) is 9.59 Å². The molecular formula is C23H27N5O3. The van der Waals surface area contributed by atoms with E-state index in [4.69, 9.17) is 10.1 Å². The van der Waals surface area contributed by atoms with Crippen LogP contribution >= 0.6 is 0 Å². The first-order chi connectivity index (χ1) is 15.0. The van der Waals surface area contributed by atoms with Crippen molar-refractivity contribution in [1.29, 1.82) is 0 Å². The van der Waals surface area contributed by atoms with Crippen LogP contribution in [0.4, 0.5) is 0 Å². The predicted molar refractivity (Wildman–Crippen MR) is 117 cm³/mol. The van der Waals surface area contributed by atoms with Gasteiger partial charge in [-0.1, -0.05) is 25.1 Å². The predicted octanol–water partition coefficient (Wildman–Crippen LogP) is 2.18. The van der Waals surface area contributed by atoms with E-state index in [0.29, 0.717) is 24.3 Å². The van der Waals surface area contributed by atoms with Crippen LogP contribution < -0.4 is 5.32 Å². The monoisotopic (exact) mass is 421 g/mol. The van der Waals surface area contributed by atoms with Crippen molar-refractivity contribution in [3.05, 3.63) is 58.5 Å². The lowest BCUT2D eigenvalue weighted by molar-refractivity contribution is 0.0783. The van der Waals surface area contributed by atoms with Crippen molar-refractivity contribution in [1.82, 2.24) is 25.4 Å². The Balaban J connectivity index is 1.60. The number of benzene rings is 1. The molecule has 1 aliphatic rings. The van der Waals surface area contributed by atoms with Crippen molar-refractivity contribution in [2.24, 2.45) is 0 Å². The zero-order valence-electron chi connectivity index (χ0n) is 17.8.